The Bertz CT molecular complexity index is 1330. The van der Waals surface area contributed by atoms with Crippen LogP contribution >= 0.6 is 11.6 Å². The average molecular weight is 475 g/mol. The van der Waals surface area contributed by atoms with Crippen molar-refractivity contribution in [2.45, 2.75) is 6.42 Å². The van der Waals surface area contributed by atoms with Crippen LogP contribution in [0.1, 0.15) is 16.1 Å². The summed E-state index contributed by atoms with van der Waals surface area (Å²) in [6.45, 7) is 2.49. The molecule has 172 valence electrons. The number of carbonyl (C=O) groups excluding carboxylic acids is 2. The number of piperazine rings is 1. The fourth-order valence-electron chi connectivity index (χ4n) is 4.24. The second-order valence-electron chi connectivity index (χ2n) is 8.21. The zero-order valence-electron chi connectivity index (χ0n) is 18.4. The lowest BCUT2D eigenvalue weighted by atomic mass is 10.1. The number of furan rings is 1. The molecule has 1 N–H and O–H groups in total. The molecule has 34 heavy (non-hydrogen) atoms. The number of carbonyl (C=O) groups is 2. The SMILES string of the molecule is O=C(Cc1cc(Cl)cc(N2CCN(C(=O)c3ccco3)CC2)c1)Nc1cncc2ccccc12. The highest BCUT2D eigenvalue weighted by molar-refractivity contribution is 6.31. The van der Waals surface area contributed by atoms with Gasteiger partial charge in [-0.05, 0) is 35.9 Å². The molecule has 8 heteroatoms. The van der Waals surface area contributed by atoms with Crippen LogP contribution in [0, 0.1) is 0 Å². The molecule has 0 saturated carbocycles. The first-order chi connectivity index (χ1) is 16.6. The van der Waals surface area contributed by atoms with Gasteiger partial charge in [0.15, 0.2) is 5.76 Å². The first kappa shape index (κ1) is 22.0. The van der Waals surface area contributed by atoms with Gasteiger partial charge in [-0.15, -0.1) is 0 Å². The van der Waals surface area contributed by atoms with E-state index in [2.05, 4.69) is 15.2 Å². The quantitative estimate of drug-likeness (QED) is 0.456. The van der Waals surface area contributed by atoms with Gasteiger partial charge in [-0.25, -0.2) is 0 Å². The van der Waals surface area contributed by atoms with Crippen molar-refractivity contribution < 1.29 is 14.0 Å². The molecule has 5 rings (SSSR count). The molecule has 2 aromatic heterocycles. The highest BCUT2D eigenvalue weighted by Gasteiger charge is 2.24. The van der Waals surface area contributed by atoms with Crippen molar-refractivity contribution in [3.05, 3.63) is 89.6 Å². The van der Waals surface area contributed by atoms with Crippen LogP contribution in [0.15, 0.2) is 77.7 Å². The van der Waals surface area contributed by atoms with E-state index in [0.29, 0.717) is 42.6 Å². The third-order valence-electron chi connectivity index (χ3n) is 5.91. The van der Waals surface area contributed by atoms with Crippen molar-refractivity contribution in [3.8, 4) is 0 Å². The van der Waals surface area contributed by atoms with Crippen molar-refractivity contribution in [3.63, 3.8) is 0 Å². The normalized spacial score (nSPS) is 13.8. The largest absolute Gasteiger partial charge is 0.459 e. The minimum Gasteiger partial charge on any atom is -0.459 e. The number of benzene rings is 2. The number of hydrogen-bond donors (Lipinski definition) is 1. The molecule has 0 spiro atoms. The van der Waals surface area contributed by atoms with Crippen LogP contribution in [0.2, 0.25) is 5.02 Å². The number of hydrogen-bond acceptors (Lipinski definition) is 5. The minimum absolute atomic E-state index is 0.101. The van der Waals surface area contributed by atoms with Gasteiger partial charge in [0.05, 0.1) is 24.6 Å². The molecular weight excluding hydrogens is 452 g/mol. The molecule has 1 saturated heterocycles. The van der Waals surface area contributed by atoms with Crippen molar-refractivity contribution in [1.29, 1.82) is 0 Å². The van der Waals surface area contributed by atoms with Gasteiger partial charge in [0, 0.05) is 53.9 Å². The summed E-state index contributed by atoms with van der Waals surface area (Å²) in [7, 11) is 0. The maximum absolute atomic E-state index is 12.8. The topological polar surface area (TPSA) is 78.7 Å². The summed E-state index contributed by atoms with van der Waals surface area (Å²) in [6.07, 6.45) is 5.13. The van der Waals surface area contributed by atoms with Crippen LogP contribution in [0.3, 0.4) is 0 Å². The zero-order chi connectivity index (χ0) is 23.5. The molecule has 0 unspecified atom stereocenters. The number of amides is 2. The van der Waals surface area contributed by atoms with E-state index >= 15 is 0 Å². The van der Waals surface area contributed by atoms with Crippen molar-refractivity contribution >= 4 is 45.6 Å². The highest BCUT2D eigenvalue weighted by atomic mass is 35.5. The summed E-state index contributed by atoms with van der Waals surface area (Å²) >= 11 is 6.39. The van der Waals surface area contributed by atoms with E-state index in [-0.39, 0.29) is 18.2 Å². The third-order valence-corrected chi connectivity index (χ3v) is 6.13. The van der Waals surface area contributed by atoms with Gasteiger partial charge in [0.1, 0.15) is 0 Å². The van der Waals surface area contributed by atoms with Gasteiger partial charge >= 0.3 is 0 Å². The van der Waals surface area contributed by atoms with Crippen LogP contribution in [-0.4, -0.2) is 47.9 Å². The Hall–Kier alpha value is -3.84. The number of fused-ring (bicyclic) bond motifs is 1. The smallest absolute Gasteiger partial charge is 0.289 e. The maximum atomic E-state index is 12.8. The summed E-state index contributed by atoms with van der Waals surface area (Å²) in [5.41, 5.74) is 2.44. The zero-order valence-corrected chi connectivity index (χ0v) is 19.2. The molecule has 1 aliphatic rings. The lowest BCUT2D eigenvalue weighted by molar-refractivity contribution is -0.115. The second-order valence-corrected chi connectivity index (χ2v) is 8.64. The minimum atomic E-state index is -0.139. The van der Waals surface area contributed by atoms with Gasteiger partial charge in [0.25, 0.3) is 5.91 Å². The predicted octanol–water partition coefficient (Wildman–Crippen LogP) is 4.62. The molecule has 0 bridgehead atoms. The monoisotopic (exact) mass is 474 g/mol. The number of anilines is 2. The van der Waals surface area contributed by atoms with E-state index in [4.69, 9.17) is 16.0 Å². The predicted molar refractivity (Wildman–Crippen MR) is 132 cm³/mol. The summed E-state index contributed by atoms with van der Waals surface area (Å²) < 4.78 is 5.23. The number of aromatic nitrogens is 1. The summed E-state index contributed by atoms with van der Waals surface area (Å²) in [6, 6.07) is 16.9. The fourth-order valence-corrected chi connectivity index (χ4v) is 4.49. The molecule has 3 heterocycles. The average Bonchev–Trinajstić information content (AvgIpc) is 3.39. The molecule has 2 amide bonds. The fraction of sp³-hybridized carbons (Fsp3) is 0.192. The molecular formula is C26H23ClN4O3. The number of pyridine rings is 1. The Morgan fingerprint density at radius 3 is 2.62 bits per heavy atom. The van der Waals surface area contributed by atoms with E-state index in [1.165, 1.54) is 6.26 Å². The van der Waals surface area contributed by atoms with Crippen molar-refractivity contribution in [1.82, 2.24) is 9.88 Å². The Morgan fingerprint density at radius 1 is 1.00 bits per heavy atom. The molecule has 1 fully saturated rings. The van der Waals surface area contributed by atoms with Crippen LogP contribution < -0.4 is 10.2 Å². The molecule has 0 atom stereocenters. The molecule has 0 aliphatic carbocycles. The number of halogens is 1. The van der Waals surface area contributed by atoms with Crippen LogP contribution in [0.5, 0.6) is 0 Å². The number of nitrogens with one attached hydrogen (secondary N) is 1. The lowest BCUT2D eigenvalue weighted by Crippen LogP contribution is -2.48. The molecule has 7 nitrogen and oxygen atoms in total. The number of nitrogens with zero attached hydrogens (tertiary/aromatic N) is 3. The Labute approximate surface area is 201 Å². The molecule has 1 aliphatic heterocycles. The van der Waals surface area contributed by atoms with Gasteiger partial charge in [-0.1, -0.05) is 35.9 Å². The summed E-state index contributed by atoms with van der Waals surface area (Å²) in [5, 5.41) is 5.45. The van der Waals surface area contributed by atoms with E-state index < -0.39 is 0 Å². The molecule has 4 aromatic rings. The van der Waals surface area contributed by atoms with E-state index in [1.807, 2.05) is 42.5 Å². The Balaban J connectivity index is 1.25. The maximum Gasteiger partial charge on any atom is 0.289 e. The Morgan fingerprint density at radius 2 is 1.82 bits per heavy atom. The van der Waals surface area contributed by atoms with Gasteiger partial charge < -0.3 is 19.5 Å². The van der Waals surface area contributed by atoms with Gasteiger partial charge in [-0.2, -0.15) is 0 Å². The van der Waals surface area contributed by atoms with Crippen LogP contribution in [-0.2, 0) is 11.2 Å². The van der Waals surface area contributed by atoms with Crippen LogP contribution in [0.4, 0.5) is 11.4 Å². The molecule has 0 radical (unpaired) electrons. The van der Waals surface area contributed by atoms with E-state index in [9.17, 15) is 9.59 Å². The summed E-state index contributed by atoms with van der Waals surface area (Å²) in [5.74, 6) is 0.113. The van der Waals surface area contributed by atoms with Gasteiger partial charge in [-0.3, -0.25) is 14.6 Å². The third kappa shape index (κ3) is 4.75. The first-order valence-corrected chi connectivity index (χ1v) is 11.4. The second kappa shape index (κ2) is 9.57. The van der Waals surface area contributed by atoms with Crippen molar-refractivity contribution in [2.24, 2.45) is 0 Å². The first-order valence-electron chi connectivity index (χ1n) is 11.1. The Kier molecular flexibility index (Phi) is 6.18. The standard InChI is InChI=1S/C26H23ClN4O3/c27-20-12-18(14-25(32)29-23-17-28-16-19-4-1-2-5-22(19)23)13-21(15-20)30-7-9-31(10-8-30)26(33)24-6-3-11-34-24/h1-6,11-13,15-17H,7-10,14H2,(H,29,32). The van der Waals surface area contributed by atoms with Crippen LogP contribution in [0.25, 0.3) is 10.8 Å². The number of rotatable bonds is 5. The lowest BCUT2D eigenvalue weighted by Gasteiger charge is -2.36. The van der Waals surface area contributed by atoms with E-state index in [1.54, 1.807) is 29.4 Å². The molecule has 2 aromatic carbocycles. The summed E-state index contributed by atoms with van der Waals surface area (Å²) in [4.78, 5) is 33.5. The van der Waals surface area contributed by atoms with Crippen molar-refractivity contribution in [2.75, 3.05) is 36.4 Å². The highest BCUT2D eigenvalue weighted by Crippen LogP contribution is 2.26. The van der Waals surface area contributed by atoms with Gasteiger partial charge in [0.2, 0.25) is 5.91 Å². The van der Waals surface area contributed by atoms with E-state index in [0.717, 1.165) is 22.0 Å².